The molecule has 2 rings (SSSR count). The van der Waals surface area contributed by atoms with Crippen LogP contribution in [0.4, 0.5) is 5.69 Å². The fourth-order valence-corrected chi connectivity index (χ4v) is 2.17. The van der Waals surface area contributed by atoms with E-state index in [1.807, 2.05) is 21.0 Å². The highest BCUT2D eigenvalue weighted by Gasteiger charge is 2.18. The molecule has 1 fully saturated rings. The second-order valence-electron chi connectivity index (χ2n) is 4.26. The van der Waals surface area contributed by atoms with Crippen molar-refractivity contribution in [3.63, 3.8) is 0 Å². The molecule has 1 aromatic carbocycles. The van der Waals surface area contributed by atoms with Crippen LogP contribution < -0.4 is 4.90 Å². The number of aryl methyl sites for hydroxylation is 1. The number of rotatable bonds is 2. The zero-order chi connectivity index (χ0) is 12.7. The Bertz CT molecular complexity index is 316. The molecule has 2 heteroatoms. The molecule has 1 aliphatic heterocycles. The van der Waals surface area contributed by atoms with Crippen molar-refractivity contribution in [2.24, 2.45) is 0 Å². The van der Waals surface area contributed by atoms with Crippen LogP contribution >= 0.6 is 0 Å². The third-order valence-corrected chi connectivity index (χ3v) is 3.14. The van der Waals surface area contributed by atoms with E-state index in [2.05, 4.69) is 36.1 Å². The van der Waals surface area contributed by atoms with Gasteiger partial charge in [-0.25, -0.2) is 0 Å². The number of ether oxygens (including phenoxy) is 1. The highest BCUT2D eigenvalue weighted by molar-refractivity contribution is 5.48. The Kier molecular flexibility index (Phi) is 6.06. The lowest BCUT2D eigenvalue weighted by Gasteiger charge is -2.33. The minimum absolute atomic E-state index is 0.464. The summed E-state index contributed by atoms with van der Waals surface area (Å²) in [5.74, 6) is 0. The number of methoxy groups -OCH3 is 1. The molecule has 0 atom stereocenters. The Morgan fingerprint density at radius 2 is 1.82 bits per heavy atom. The van der Waals surface area contributed by atoms with E-state index >= 15 is 0 Å². The molecule has 1 aliphatic rings. The zero-order valence-electron chi connectivity index (χ0n) is 11.6. The lowest BCUT2D eigenvalue weighted by molar-refractivity contribution is 0.0819. The van der Waals surface area contributed by atoms with Gasteiger partial charge in [-0.1, -0.05) is 26.0 Å². The fraction of sp³-hybridized carbons (Fsp3) is 0.600. The summed E-state index contributed by atoms with van der Waals surface area (Å²) in [4.78, 5) is 2.45. The van der Waals surface area contributed by atoms with Gasteiger partial charge < -0.3 is 9.64 Å². The van der Waals surface area contributed by atoms with Crippen LogP contribution in [0.3, 0.4) is 0 Å². The minimum Gasteiger partial charge on any atom is -0.381 e. The standard InChI is InChI=1S/C13H19NO.C2H6/c1-11-4-3-5-12(10-11)14-8-6-13(15-2)7-9-14;1-2/h3-5,10,13H,6-9H2,1-2H3;1-2H3. The van der Waals surface area contributed by atoms with E-state index in [0.717, 1.165) is 25.9 Å². The summed E-state index contributed by atoms with van der Waals surface area (Å²) in [5.41, 5.74) is 2.69. The van der Waals surface area contributed by atoms with Crippen LogP contribution in [-0.2, 0) is 4.74 Å². The van der Waals surface area contributed by atoms with E-state index in [1.54, 1.807) is 0 Å². The molecule has 1 saturated heterocycles. The third-order valence-electron chi connectivity index (χ3n) is 3.14. The molecule has 0 saturated carbocycles. The maximum Gasteiger partial charge on any atom is 0.0605 e. The SMILES string of the molecule is CC.COC1CCN(c2cccc(C)c2)CC1. The fourth-order valence-electron chi connectivity index (χ4n) is 2.17. The van der Waals surface area contributed by atoms with Crippen LogP contribution in [0.2, 0.25) is 0 Å². The summed E-state index contributed by atoms with van der Waals surface area (Å²) in [7, 11) is 1.81. The molecule has 0 amide bonds. The summed E-state index contributed by atoms with van der Waals surface area (Å²) in [6, 6.07) is 8.73. The van der Waals surface area contributed by atoms with Gasteiger partial charge in [-0.15, -0.1) is 0 Å². The molecule has 1 heterocycles. The number of nitrogens with zero attached hydrogens (tertiary/aromatic N) is 1. The molecule has 0 unspecified atom stereocenters. The first kappa shape index (κ1) is 14.0. The van der Waals surface area contributed by atoms with E-state index in [9.17, 15) is 0 Å². The average molecular weight is 235 g/mol. The predicted octanol–water partition coefficient (Wildman–Crippen LogP) is 3.64. The molecule has 17 heavy (non-hydrogen) atoms. The zero-order valence-corrected chi connectivity index (χ0v) is 11.6. The summed E-state index contributed by atoms with van der Waals surface area (Å²) < 4.78 is 5.37. The van der Waals surface area contributed by atoms with Crippen molar-refractivity contribution in [1.82, 2.24) is 0 Å². The minimum atomic E-state index is 0.464. The van der Waals surface area contributed by atoms with Crippen molar-refractivity contribution in [2.45, 2.75) is 39.7 Å². The monoisotopic (exact) mass is 235 g/mol. The Labute approximate surface area is 106 Å². The molecule has 0 radical (unpaired) electrons. The van der Waals surface area contributed by atoms with E-state index in [4.69, 9.17) is 4.74 Å². The van der Waals surface area contributed by atoms with Crippen molar-refractivity contribution < 1.29 is 4.74 Å². The molecule has 0 aromatic heterocycles. The molecule has 0 N–H and O–H groups in total. The third kappa shape index (κ3) is 4.04. The van der Waals surface area contributed by atoms with Gasteiger partial charge in [0.05, 0.1) is 6.10 Å². The summed E-state index contributed by atoms with van der Waals surface area (Å²) in [6.45, 7) is 8.37. The Morgan fingerprint density at radius 3 is 2.35 bits per heavy atom. The summed E-state index contributed by atoms with van der Waals surface area (Å²) in [6.07, 6.45) is 2.75. The van der Waals surface area contributed by atoms with Gasteiger partial charge in [-0.3, -0.25) is 0 Å². The van der Waals surface area contributed by atoms with E-state index in [1.165, 1.54) is 11.3 Å². The molecule has 0 aliphatic carbocycles. The lowest BCUT2D eigenvalue weighted by atomic mass is 10.1. The quantitative estimate of drug-likeness (QED) is 0.776. The second-order valence-corrected chi connectivity index (χ2v) is 4.26. The molecular formula is C15H25NO. The van der Waals surface area contributed by atoms with Crippen molar-refractivity contribution >= 4 is 5.69 Å². The molecule has 96 valence electrons. The first-order valence-electron chi connectivity index (χ1n) is 6.64. The number of benzene rings is 1. The summed E-state index contributed by atoms with van der Waals surface area (Å²) in [5, 5.41) is 0. The van der Waals surface area contributed by atoms with Crippen LogP contribution in [0.1, 0.15) is 32.3 Å². The average Bonchev–Trinajstić information content (AvgIpc) is 2.41. The van der Waals surface area contributed by atoms with Crippen LogP contribution in [0, 0.1) is 6.92 Å². The van der Waals surface area contributed by atoms with Crippen molar-refractivity contribution in [3.05, 3.63) is 29.8 Å². The number of hydrogen-bond donors (Lipinski definition) is 0. The molecule has 2 nitrogen and oxygen atoms in total. The normalized spacial score (nSPS) is 16.4. The van der Waals surface area contributed by atoms with Crippen molar-refractivity contribution in [3.8, 4) is 0 Å². The van der Waals surface area contributed by atoms with Crippen molar-refractivity contribution in [1.29, 1.82) is 0 Å². The van der Waals surface area contributed by atoms with Gasteiger partial charge >= 0.3 is 0 Å². The van der Waals surface area contributed by atoms with Gasteiger partial charge in [-0.2, -0.15) is 0 Å². The van der Waals surface area contributed by atoms with Crippen LogP contribution in [0.5, 0.6) is 0 Å². The van der Waals surface area contributed by atoms with E-state index < -0.39 is 0 Å². The van der Waals surface area contributed by atoms with Crippen LogP contribution in [0.25, 0.3) is 0 Å². The number of piperidine rings is 1. The highest BCUT2D eigenvalue weighted by atomic mass is 16.5. The first-order valence-corrected chi connectivity index (χ1v) is 6.64. The maximum atomic E-state index is 5.37. The lowest BCUT2D eigenvalue weighted by Crippen LogP contribution is -2.36. The van der Waals surface area contributed by atoms with Gasteiger partial charge in [-0.05, 0) is 37.5 Å². The van der Waals surface area contributed by atoms with E-state index in [0.29, 0.717) is 6.10 Å². The Morgan fingerprint density at radius 1 is 1.18 bits per heavy atom. The van der Waals surface area contributed by atoms with Gasteiger partial charge in [0.1, 0.15) is 0 Å². The highest BCUT2D eigenvalue weighted by Crippen LogP contribution is 2.21. The largest absolute Gasteiger partial charge is 0.381 e. The van der Waals surface area contributed by atoms with E-state index in [-0.39, 0.29) is 0 Å². The van der Waals surface area contributed by atoms with Gasteiger partial charge in [0, 0.05) is 25.9 Å². The topological polar surface area (TPSA) is 12.5 Å². The maximum absolute atomic E-state index is 5.37. The summed E-state index contributed by atoms with van der Waals surface area (Å²) >= 11 is 0. The Hall–Kier alpha value is -1.02. The van der Waals surface area contributed by atoms with Crippen LogP contribution in [-0.4, -0.2) is 26.3 Å². The number of hydrogen-bond acceptors (Lipinski definition) is 2. The van der Waals surface area contributed by atoms with Gasteiger partial charge in [0.2, 0.25) is 0 Å². The van der Waals surface area contributed by atoms with Crippen LogP contribution in [0.15, 0.2) is 24.3 Å². The Balaban J connectivity index is 0.000000686. The molecule has 0 bridgehead atoms. The van der Waals surface area contributed by atoms with Gasteiger partial charge in [0.15, 0.2) is 0 Å². The second kappa shape index (κ2) is 7.33. The molecule has 1 aromatic rings. The molecular weight excluding hydrogens is 210 g/mol. The first-order chi connectivity index (χ1) is 8.29. The predicted molar refractivity (Wildman–Crippen MR) is 74.8 cm³/mol. The molecule has 0 spiro atoms. The number of anilines is 1. The smallest absolute Gasteiger partial charge is 0.0605 e. The van der Waals surface area contributed by atoms with Crippen molar-refractivity contribution in [2.75, 3.05) is 25.1 Å². The van der Waals surface area contributed by atoms with Gasteiger partial charge in [0.25, 0.3) is 0 Å².